The Hall–Kier alpha value is -1.63. The summed E-state index contributed by atoms with van der Waals surface area (Å²) in [5, 5.41) is 16.5. The zero-order valence-electron chi connectivity index (χ0n) is 10.8. The summed E-state index contributed by atoms with van der Waals surface area (Å²) in [6.07, 6.45) is 1.93. The minimum atomic E-state index is -0.868. The zero-order valence-corrected chi connectivity index (χ0v) is 10.8. The van der Waals surface area contributed by atoms with E-state index in [0.29, 0.717) is 25.8 Å². The predicted octanol–water partition coefficient (Wildman–Crippen LogP) is -0.918. The second-order valence-electron chi connectivity index (χ2n) is 3.93. The second kappa shape index (κ2) is 9.41. The number of hydrogen-bond acceptors (Lipinski definition) is 4. The van der Waals surface area contributed by atoms with Crippen LogP contribution in [0.5, 0.6) is 0 Å². The summed E-state index contributed by atoms with van der Waals surface area (Å²) >= 11 is 0. The normalized spacial score (nSPS) is 11.7. The van der Waals surface area contributed by atoms with E-state index in [1.54, 1.807) is 7.05 Å². The van der Waals surface area contributed by atoms with E-state index < -0.39 is 12.0 Å². The molecule has 7 heteroatoms. The average molecular weight is 259 g/mol. The SMILES string of the molecule is CN[C@@H](CCCCNC(=O)CNC(C)=O)C(=O)O. The summed E-state index contributed by atoms with van der Waals surface area (Å²) in [7, 11) is 1.61. The van der Waals surface area contributed by atoms with E-state index in [0.717, 1.165) is 0 Å². The van der Waals surface area contributed by atoms with Gasteiger partial charge in [-0.2, -0.15) is 0 Å². The van der Waals surface area contributed by atoms with Crippen LogP contribution in [-0.2, 0) is 14.4 Å². The summed E-state index contributed by atoms with van der Waals surface area (Å²) in [4.78, 5) is 32.4. The number of rotatable bonds is 9. The molecule has 0 aromatic carbocycles. The van der Waals surface area contributed by atoms with Crippen molar-refractivity contribution >= 4 is 17.8 Å². The van der Waals surface area contributed by atoms with E-state index in [1.165, 1.54) is 6.92 Å². The van der Waals surface area contributed by atoms with E-state index in [1.807, 2.05) is 0 Å². The number of carbonyl (C=O) groups excluding carboxylic acids is 2. The maximum Gasteiger partial charge on any atom is 0.320 e. The van der Waals surface area contributed by atoms with Crippen molar-refractivity contribution in [3.8, 4) is 0 Å². The van der Waals surface area contributed by atoms with Gasteiger partial charge in [-0.3, -0.25) is 14.4 Å². The molecule has 2 amide bonds. The lowest BCUT2D eigenvalue weighted by molar-refractivity contribution is -0.139. The first-order valence-electron chi connectivity index (χ1n) is 5.88. The van der Waals surface area contributed by atoms with Crippen LogP contribution in [0.4, 0.5) is 0 Å². The lowest BCUT2D eigenvalue weighted by Crippen LogP contribution is -2.36. The molecule has 0 saturated heterocycles. The standard InChI is InChI=1S/C11H21N3O4/c1-8(15)14-7-10(16)13-6-4-3-5-9(12-2)11(17)18/h9,12H,3-7H2,1-2H3,(H,13,16)(H,14,15)(H,17,18)/t9-/m0/s1. The van der Waals surface area contributed by atoms with Crippen LogP contribution >= 0.6 is 0 Å². The number of nitrogens with one attached hydrogen (secondary N) is 3. The van der Waals surface area contributed by atoms with Crippen LogP contribution in [0.1, 0.15) is 26.2 Å². The molecule has 0 aliphatic heterocycles. The molecular weight excluding hydrogens is 238 g/mol. The highest BCUT2D eigenvalue weighted by Gasteiger charge is 2.13. The van der Waals surface area contributed by atoms with E-state index in [4.69, 9.17) is 5.11 Å². The van der Waals surface area contributed by atoms with Crippen molar-refractivity contribution in [2.24, 2.45) is 0 Å². The van der Waals surface area contributed by atoms with Crippen LogP contribution < -0.4 is 16.0 Å². The number of aliphatic carboxylic acids is 1. The maximum atomic E-state index is 11.2. The number of hydrogen-bond donors (Lipinski definition) is 4. The van der Waals surface area contributed by atoms with Crippen molar-refractivity contribution in [1.29, 1.82) is 0 Å². The number of carboxylic acid groups (broad SMARTS) is 1. The van der Waals surface area contributed by atoms with Gasteiger partial charge in [-0.25, -0.2) is 0 Å². The van der Waals surface area contributed by atoms with E-state index in [-0.39, 0.29) is 18.4 Å². The smallest absolute Gasteiger partial charge is 0.320 e. The Labute approximate surface area is 106 Å². The Balaban J connectivity index is 3.53. The van der Waals surface area contributed by atoms with Gasteiger partial charge in [0, 0.05) is 13.5 Å². The fraction of sp³-hybridized carbons (Fsp3) is 0.727. The van der Waals surface area contributed by atoms with Crippen LogP contribution in [0.2, 0.25) is 0 Å². The molecule has 0 unspecified atom stereocenters. The molecule has 0 bridgehead atoms. The second-order valence-corrected chi connectivity index (χ2v) is 3.93. The Bertz CT molecular complexity index is 294. The first-order chi connectivity index (χ1) is 8.47. The van der Waals surface area contributed by atoms with E-state index in [9.17, 15) is 14.4 Å². The lowest BCUT2D eigenvalue weighted by atomic mass is 10.1. The molecule has 18 heavy (non-hydrogen) atoms. The van der Waals surface area contributed by atoms with Crippen molar-refractivity contribution in [2.75, 3.05) is 20.1 Å². The molecule has 0 aliphatic rings. The highest BCUT2D eigenvalue weighted by Crippen LogP contribution is 2.00. The number of amides is 2. The fourth-order valence-corrected chi connectivity index (χ4v) is 1.36. The van der Waals surface area contributed by atoms with E-state index in [2.05, 4.69) is 16.0 Å². The highest BCUT2D eigenvalue weighted by atomic mass is 16.4. The van der Waals surface area contributed by atoms with Gasteiger partial charge in [-0.1, -0.05) is 0 Å². The fourth-order valence-electron chi connectivity index (χ4n) is 1.36. The summed E-state index contributed by atoms with van der Waals surface area (Å²) in [5.74, 6) is -1.36. The molecule has 1 atom stereocenters. The van der Waals surface area contributed by atoms with Crippen molar-refractivity contribution in [2.45, 2.75) is 32.2 Å². The van der Waals surface area contributed by atoms with Crippen LogP contribution in [-0.4, -0.2) is 49.1 Å². The molecule has 0 fully saturated rings. The van der Waals surface area contributed by atoms with Crippen LogP contribution in [0, 0.1) is 0 Å². The lowest BCUT2D eigenvalue weighted by Gasteiger charge is -2.10. The summed E-state index contributed by atoms with van der Waals surface area (Å²) in [6, 6.07) is -0.542. The van der Waals surface area contributed by atoms with Gasteiger partial charge in [0.25, 0.3) is 0 Å². The van der Waals surface area contributed by atoms with Crippen LogP contribution in [0.3, 0.4) is 0 Å². The van der Waals surface area contributed by atoms with Gasteiger partial charge in [0.2, 0.25) is 11.8 Å². The maximum absolute atomic E-state index is 11.2. The van der Waals surface area contributed by atoms with Gasteiger partial charge in [0.05, 0.1) is 6.54 Å². The molecule has 0 radical (unpaired) electrons. The first-order valence-corrected chi connectivity index (χ1v) is 5.88. The number of carbonyl (C=O) groups is 3. The molecule has 0 aromatic heterocycles. The van der Waals surface area contributed by atoms with Crippen molar-refractivity contribution < 1.29 is 19.5 Å². The summed E-state index contributed by atoms with van der Waals surface area (Å²) in [6.45, 7) is 1.80. The molecule has 0 spiro atoms. The Morgan fingerprint density at radius 3 is 2.33 bits per heavy atom. The predicted molar refractivity (Wildman–Crippen MR) is 66.0 cm³/mol. The molecule has 0 heterocycles. The molecule has 104 valence electrons. The van der Waals surface area contributed by atoms with Gasteiger partial charge in [0.15, 0.2) is 0 Å². The number of carboxylic acids is 1. The van der Waals surface area contributed by atoms with Gasteiger partial charge in [-0.15, -0.1) is 0 Å². The molecule has 7 nitrogen and oxygen atoms in total. The minimum Gasteiger partial charge on any atom is -0.480 e. The van der Waals surface area contributed by atoms with Crippen LogP contribution in [0.15, 0.2) is 0 Å². The summed E-state index contributed by atoms with van der Waals surface area (Å²) in [5.41, 5.74) is 0. The molecule has 4 N–H and O–H groups in total. The monoisotopic (exact) mass is 259 g/mol. The Morgan fingerprint density at radius 1 is 1.17 bits per heavy atom. The quantitative estimate of drug-likeness (QED) is 0.401. The average Bonchev–Trinajstić information content (AvgIpc) is 2.30. The van der Waals surface area contributed by atoms with Crippen LogP contribution in [0.25, 0.3) is 0 Å². The van der Waals surface area contributed by atoms with Gasteiger partial charge < -0.3 is 21.1 Å². The van der Waals surface area contributed by atoms with Crippen molar-refractivity contribution in [1.82, 2.24) is 16.0 Å². The first kappa shape index (κ1) is 16.4. The largest absolute Gasteiger partial charge is 0.480 e. The number of likely N-dealkylation sites (N-methyl/N-ethyl adjacent to an activating group) is 1. The molecule has 0 aliphatic carbocycles. The summed E-state index contributed by atoms with van der Waals surface area (Å²) < 4.78 is 0. The van der Waals surface area contributed by atoms with Crippen molar-refractivity contribution in [3.05, 3.63) is 0 Å². The van der Waals surface area contributed by atoms with Gasteiger partial charge >= 0.3 is 5.97 Å². The third-order valence-corrected chi connectivity index (χ3v) is 2.39. The Morgan fingerprint density at radius 2 is 1.83 bits per heavy atom. The minimum absolute atomic E-state index is 0.0242. The van der Waals surface area contributed by atoms with Gasteiger partial charge in [0.1, 0.15) is 6.04 Å². The highest BCUT2D eigenvalue weighted by molar-refractivity contribution is 5.83. The van der Waals surface area contributed by atoms with Gasteiger partial charge in [-0.05, 0) is 26.3 Å². The number of unbranched alkanes of at least 4 members (excludes halogenated alkanes) is 1. The van der Waals surface area contributed by atoms with E-state index >= 15 is 0 Å². The third kappa shape index (κ3) is 8.51. The topological polar surface area (TPSA) is 108 Å². The molecule has 0 aromatic rings. The molecular formula is C11H21N3O4. The third-order valence-electron chi connectivity index (χ3n) is 2.39. The Kier molecular flexibility index (Phi) is 8.55. The van der Waals surface area contributed by atoms with Crippen molar-refractivity contribution in [3.63, 3.8) is 0 Å². The molecule has 0 saturated carbocycles. The zero-order chi connectivity index (χ0) is 14.0. The molecule has 0 rings (SSSR count).